The highest BCUT2D eigenvalue weighted by atomic mass is 16.3. The van der Waals surface area contributed by atoms with Crippen LogP contribution in [0.25, 0.3) is 16.9 Å². The fourth-order valence-electron chi connectivity index (χ4n) is 2.85. The van der Waals surface area contributed by atoms with Gasteiger partial charge in [0, 0.05) is 25.0 Å². The maximum absolute atomic E-state index is 9.00. The second kappa shape index (κ2) is 5.96. The van der Waals surface area contributed by atoms with E-state index < -0.39 is 0 Å². The fourth-order valence-corrected chi connectivity index (χ4v) is 2.85. The van der Waals surface area contributed by atoms with E-state index >= 15 is 0 Å². The van der Waals surface area contributed by atoms with Gasteiger partial charge in [-0.3, -0.25) is 9.98 Å². The summed E-state index contributed by atoms with van der Waals surface area (Å²) in [6, 6.07) is 3.98. The molecule has 0 bridgehead atoms. The SMILES string of the molecule is Cc1ccnc(-n2c(C)c(C)c3c(=N)n(CCCO)cnc32)c1. The van der Waals surface area contributed by atoms with Crippen molar-refractivity contribution in [3.8, 4) is 5.82 Å². The van der Waals surface area contributed by atoms with Crippen molar-refractivity contribution < 1.29 is 5.11 Å². The number of pyridine rings is 1. The predicted octanol–water partition coefficient (Wildman–Crippen LogP) is 2.01. The van der Waals surface area contributed by atoms with Gasteiger partial charge in [-0.2, -0.15) is 0 Å². The topological polar surface area (TPSA) is 79.7 Å². The largest absolute Gasteiger partial charge is 0.396 e. The zero-order valence-corrected chi connectivity index (χ0v) is 13.7. The number of fused-ring (bicyclic) bond motifs is 1. The summed E-state index contributed by atoms with van der Waals surface area (Å²) in [6.45, 7) is 6.77. The van der Waals surface area contributed by atoms with Gasteiger partial charge < -0.3 is 9.67 Å². The van der Waals surface area contributed by atoms with E-state index in [1.165, 1.54) is 0 Å². The average molecular weight is 311 g/mol. The van der Waals surface area contributed by atoms with Crippen LogP contribution >= 0.6 is 0 Å². The zero-order chi connectivity index (χ0) is 16.6. The van der Waals surface area contributed by atoms with E-state index in [-0.39, 0.29) is 6.61 Å². The van der Waals surface area contributed by atoms with E-state index in [4.69, 9.17) is 10.5 Å². The molecule has 0 saturated carbocycles. The van der Waals surface area contributed by atoms with Crippen molar-refractivity contribution in [3.63, 3.8) is 0 Å². The summed E-state index contributed by atoms with van der Waals surface area (Å²) in [5.74, 6) is 0.820. The molecule has 2 N–H and O–H groups in total. The Hall–Kier alpha value is -2.47. The van der Waals surface area contributed by atoms with Crippen LogP contribution in [0.3, 0.4) is 0 Å². The van der Waals surface area contributed by atoms with E-state index in [9.17, 15) is 0 Å². The van der Waals surface area contributed by atoms with E-state index in [1.807, 2.05) is 37.5 Å². The molecule has 0 saturated heterocycles. The van der Waals surface area contributed by atoms with Crippen LogP contribution < -0.4 is 5.49 Å². The molecule has 120 valence electrons. The van der Waals surface area contributed by atoms with Crippen molar-refractivity contribution in [1.82, 2.24) is 19.1 Å². The van der Waals surface area contributed by atoms with Crippen LogP contribution in [0, 0.1) is 26.2 Å². The maximum atomic E-state index is 9.00. The van der Waals surface area contributed by atoms with Crippen molar-refractivity contribution in [2.45, 2.75) is 33.7 Å². The molecular weight excluding hydrogens is 290 g/mol. The molecular formula is C17H21N5O. The minimum absolute atomic E-state index is 0.108. The third-order valence-corrected chi connectivity index (χ3v) is 4.22. The van der Waals surface area contributed by atoms with Gasteiger partial charge in [-0.15, -0.1) is 0 Å². The fraction of sp³-hybridized carbons (Fsp3) is 0.353. The van der Waals surface area contributed by atoms with E-state index in [1.54, 1.807) is 17.1 Å². The molecule has 0 radical (unpaired) electrons. The van der Waals surface area contributed by atoms with Gasteiger partial charge in [0.05, 0.1) is 11.7 Å². The quantitative estimate of drug-likeness (QED) is 0.773. The molecule has 0 fully saturated rings. The summed E-state index contributed by atoms with van der Waals surface area (Å²) < 4.78 is 3.78. The minimum atomic E-state index is 0.108. The maximum Gasteiger partial charge on any atom is 0.151 e. The second-order valence-electron chi connectivity index (χ2n) is 5.80. The van der Waals surface area contributed by atoms with Gasteiger partial charge in [0.15, 0.2) is 5.65 Å². The molecule has 0 aromatic carbocycles. The van der Waals surface area contributed by atoms with Gasteiger partial charge in [0.2, 0.25) is 0 Å². The molecule has 0 amide bonds. The Morgan fingerprint density at radius 2 is 2.00 bits per heavy atom. The first-order valence-electron chi connectivity index (χ1n) is 7.70. The lowest BCUT2D eigenvalue weighted by Gasteiger charge is -2.09. The number of rotatable bonds is 4. The van der Waals surface area contributed by atoms with Gasteiger partial charge in [0.25, 0.3) is 0 Å². The lowest BCUT2D eigenvalue weighted by molar-refractivity contribution is 0.278. The highest BCUT2D eigenvalue weighted by Crippen LogP contribution is 2.24. The summed E-state index contributed by atoms with van der Waals surface area (Å²) in [5, 5.41) is 18.3. The number of nitrogens with one attached hydrogen (secondary N) is 1. The van der Waals surface area contributed by atoms with E-state index in [0.29, 0.717) is 18.5 Å². The van der Waals surface area contributed by atoms with Crippen molar-refractivity contribution >= 4 is 11.0 Å². The van der Waals surface area contributed by atoms with E-state index in [2.05, 4.69) is 9.97 Å². The number of aromatic nitrogens is 4. The normalized spacial score (nSPS) is 11.3. The first-order chi connectivity index (χ1) is 11.0. The third kappa shape index (κ3) is 2.55. The summed E-state index contributed by atoms with van der Waals surface area (Å²) in [5.41, 5.74) is 4.39. The molecule has 0 atom stereocenters. The number of hydrogen-bond donors (Lipinski definition) is 2. The van der Waals surface area contributed by atoms with Gasteiger partial charge >= 0.3 is 0 Å². The molecule has 0 aliphatic heterocycles. The van der Waals surface area contributed by atoms with Crippen LogP contribution in [-0.2, 0) is 6.54 Å². The Morgan fingerprint density at radius 1 is 1.22 bits per heavy atom. The standard InChI is InChI=1S/C17H21N5O/c1-11-5-6-19-14(9-11)22-13(3)12(2)15-16(18)21(7-4-8-23)10-20-17(15)22/h5-6,9-10,18,23H,4,7-8H2,1-3H3. The molecule has 3 aromatic heterocycles. The molecule has 23 heavy (non-hydrogen) atoms. The van der Waals surface area contributed by atoms with Crippen LogP contribution in [-0.4, -0.2) is 30.8 Å². The van der Waals surface area contributed by atoms with Crippen LogP contribution in [0.4, 0.5) is 0 Å². The predicted molar refractivity (Wildman–Crippen MR) is 88.6 cm³/mol. The minimum Gasteiger partial charge on any atom is -0.396 e. The van der Waals surface area contributed by atoms with Crippen LogP contribution in [0.1, 0.15) is 23.2 Å². The van der Waals surface area contributed by atoms with Gasteiger partial charge in [-0.25, -0.2) is 9.97 Å². The number of aliphatic hydroxyl groups excluding tert-OH is 1. The Morgan fingerprint density at radius 3 is 2.70 bits per heavy atom. The molecule has 0 spiro atoms. The molecule has 3 heterocycles. The number of aliphatic hydroxyl groups is 1. The molecule has 3 aromatic rings. The molecule has 0 unspecified atom stereocenters. The first kappa shape index (κ1) is 15.4. The summed E-state index contributed by atoms with van der Waals surface area (Å²) in [6.07, 6.45) is 4.07. The smallest absolute Gasteiger partial charge is 0.151 e. The van der Waals surface area contributed by atoms with Crippen molar-refractivity contribution in [1.29, 1.82) is 5.41 Å². The highest BCUT2D eigenvalue weighted by Gasteiger charge is 2.16. The third-order valence-electron chi connectivity index (χ3n) is 4.22. The number of hydrogen-bond acceptors (Lipinski definition) is 4. The molecule has 3 rings (SSSR count). The second-order valence-corrected chi connectivity index (χ2v) is 5.80. The summed E-state index contributed by atoms with van der Waals surface area (Å²) in [7, 11) is 0. The van der Waals surface area contributed by atoms with Crippen molar-refractivity contribution in [2.75, 3.05) is 6.61 Å². The number of nitrogens with zero attached hydrogens (tertiary/aromatic N) is 4. The van der Waals surface area contributed by atoms with Crippen LogP contribution in [0.15, 0.2) is 24.7 Å². The Bertz CT molecular complexity index is 923. The van der Waals surface area contributed by atoms with Crippen LogP contribution in [0.2, 0.25) is 0 Å². The average Bonchev–Trinajstić information content (AvgIpc) is 2.79. The Balaban J connectivity index is 2.27. The first-order valence-corrected chi connectivity index (χ1v) is 7.70. The highest BCUT2D eigenvalue weighted by molar-refractivity contribution is 5.82. The molecule has 0 aliphatic carbocycles. The van der Waals surface area contributed by atoms with Crippen molar-refractivity contribution in [2.24, 2.45) is 0 Å². The summed E-state index contributed by atoms with van der Waals surface area (Å²) in [4.78, 5) is 9.02. The summed E-state index contributed by atoms with van der Waals surface area (Å²) >= 11 is 0. The van der Waals surface area contributed by atoms with Crippen molar-refractivity contribution in [3.05, 3.63) is 47.0 Å². The molecule has 6 nitrogen and oxygen atoms in total. The number of aryl methyl sites for hydroxylation is 3. The monoisotopic (exact) mass is 311 g/mol. The zero-order valence-electron chi connectivity index (χ0n) is 13.7. The Kier molecular flexibility index (Phi) is 4.00. The Labute approximate surface area is 134 Å². The lowest BCUT2D eigenvalue weighted by atomic mass is 10.2. The molecule has 6 heteroatoms. The lowest BCUT2D eigenvalue weighted by Crippen LogP contribution is -2.21. The van der Waals surface area contributed by atoms with Gasteiger partial charge in [0.1, 0.15) is 11.3 Å². The van der Waals surface area contributed by atoms with E-state index in [0.717, 1.165) is 33.7 Å². The molecule has 0 aliphatic rings. The van der Waals surface area contributed by atoms with Gasteiger partial charge in [-0.05, 0) is 50.5 Å². The van der Waals surface area contributed by atoms with Crippen LogP contribution in [0.5, 0.6) is 0 Å². The van der Waals surface area contributed by atoms with Gasteiger partial charge in [-0.1, -0.05) is 0 Å².